The molecule has 0 fully saturated rings. The van der Waals surface area contributed by atoms with Gasteiger partial charge in [0.1, 0.15) is 11.3 Å². The topological polar surface area (TPSA) is 77.2 Å². The summed E-state index contributed by atoms with van der Waals surface area (Å²) in [4.78, 5) is 16.1. The highest BCUT2D eigenvalue weighted by atomic mass is 32.1. The van der Waals surface area contributed by atoms with Gasteiger partial charge in [0.25, 0.3) is 0 Å². The largest absolute Gasteiger partial charge is 0.494 e. The molecule has 0 spiro atoms. The SMILES string of the molecule is COc1cccc2sc(NC(=O)C(C)CN)nc12. The Morgan fingerprint density at radius 2 is 2.39 bits per heavy atom. The van der Waals surface area contributed by atoms with Gasteiger partial charge in [0.2, 0.25) is 5.91 Å². The minimum Gasteiger partial charge on any atom is -0.494 e. The lowest BCUT2D eigenvalue weighted by atomic mass is 10.2. The summed E-state index contributed by atoms with van der Waals surface area (Å²) in [5, 5.41) is 3.34. The summed E-state index contributed by atoms with van der Waals surface area (Å²) in [7, 11) is 1.60. The number of anilines is 1. The number of nitrogens with two attached hydrogens (primary N) is 1. The number of methoxy groups -OCH3 is 1. The Bertz CT molecular complexity index is 567. The van der Waals surface area contributed by atoms with E-state index in [1.54, 1.807) is 14.0 Å². The molecular formula is C12H15N3O2S. The van der Waals surface area contributed by atoms with Crippen LogP contribution in [0.5, 0.6) is 5.75 Å². The Morgan fingerprint density at radius 1 is 1.61 bits per heavy atom. The Labute approximate surface area is 109 Å². The molecule has 1 atom stereocenters. The maximum atomic E-state index is 11.7. The molecule has 0 saturated heterocycles. The molecule has 0 aliphatic rings. The number of ether oxygens (including phenoxy) is 1. The summed E-state index contributed by atoms with van der Waals surface area (Å²) < 4.78 is 6.20. The minimum absolute atomic E-state index is 0.115. The van der Waals surface area contributed by atoms with Gasteiger partial charge >= 0.3 is 0 Å². The molecule has 1 aromatic heterocycles. The summed E-state index contributed by atoms with van der Waals surface area (Å²) in [5.41, 5.74) is 6.21. The van der Waals surface area contributed by atoms with Crippen molar-refractivity contribution in [3.8, 4) is 5.75 Å². The molecule has 3 N–H and O–H groups in total. The molecule has 0 radical (unpaired) electrons. The van der Waals surface area contributed by atoms with E-state index in [1.807, 2.05) is 18.2 Å². The van der Waals surface area contributed by atoms with E-state index in [4.69, 9.17) is 10.5 Å². The van der Waals surface area contributed by atoms with Crippen molar-refractivity contribution in [1.82, 2.24) is 4.98 Å². The van der Waals surface area contributed by atoms with Crippen LogP contribution in [0.1, 0.15) is 6.92 Å². The molecule has 6 heteroatoms. The molecule has 0 saturated carbocycles. The van der Waals surface area contributed by atoms with Crippen LogP contribution in [0.3, 0.4) is 0 Å². The number of rotatable bonds is 4. The lowest BCUT2D eigenvalue weighted by Crippen LogP contribution is -2.26. The molecule has 0 aliphatic carbocycles. The molecule has 0 aliphatic heterocycles. The quantitative estimate of drug-likeness (QED) is 0.884. The Morgan fingerprint density at radius 3 is 3.06 bits per heavy atom. The Hall–Kier alpha value is -1.66. The van der Waals surface area contributed by atoms with Crippen molar-refractivity contribution in [3.63, 3.8) is 0 Å². The molecule has 96 valence electrons. The molecule has 2 aromatic rings. The highest BCUT2D eigenvalue weighted by Crippen LogP contribution is 2.32. The number of nitrogens with zero attached hydrogens (tertiary/aromatic N) is 1. The van der Waals surface area contributed by atoms with Gasteiger partial charge in [-0.25, -0.2) is 4.98 Å². The number of carbonyl (C=O) groups is 1. The molecule has 2 rings (SSSR count). The minimum atomic E-state index is -0.223. The number of thiazole rings is 1. The standard InChI is InChI=1S/C12H15N3O2S/c1-7(6-13)11(16)15-12-14-10-8(17-2)4-3-5-9(10)18-12/h3-5,7H,6,13H2,1-2H3,(H,14,15,16). The molecule has 0 bridgehead atoms. The van der Waals surface area contributed by atoms with Gasteiger partial charge in [-0.15, -0.1) is 0 Å². The second-order valence-electron chi connectivity index (χ2n) is 3.95. The fourth-order valence-electron chi connectivity index (χ4n) is 1.48. The smallest absolute Gasteiger partial charge is 0.230 e. The van der Waals surface area contributed by atoms with Crippen LogP contribution in [0, 0.1) is 5.92 Å². The van der Waals surface area contributed by atoms with E-state index in [0.29, 0.717) is 17.4 Å². The molecular weight excluding hydrogens is 250 g/mol. The van der Waals surface area contributed by atoms with E-state index in [9.17, 15) is 4.79 Å². The molecule has 1 heterocycles. The van der Waals surface area contributed by atoms with Crippen molar-refractivity contribution in [2.45, 2.75) is 6.92 Å². The van der Waals surface area contributed by atoms with Gasteiger partial charge in [0.15, 0.2) is 5.13 Å². The zero-order chi connectivity index (χ0) is 13.1. The number of hydrogen-bond acceptors (Lipinski definition) is 5. The molecule has 18 heavy (non-hydrogen) atoms. The lowest BCUT2D eigenvalue weighted by molar-refractivity contribution is -0.119. The second-order valence-corrected chi connectivity index (χ2v) is 4.98. The van der Waals surface area contributed by atoms with Crippen molar-refractivity contribution in [3.05, 3.63) is 18.2 Å². The number of amides is 1. The van der Waals surface area contributed by atoms with E-state index < -0.39 is 0 Å². The number of para-hydroxylation sites is 1. The molecule has 1 unspecified atom stereocenters. The van der Waals surface area contributed by atoms with Gasteiger partial charge in [0, 0.05) is 12.5 Å². The van der Waals surface area contributed by atoms with E-state index in [2.05, 4.69) is 10.3 Å². The van der Waals surface area contributed by atoms with Gasteiger partial charge in [-0.2, -0.15) is 0 Å². The normalized spacial score (nSPS) is 12.4. The maximum absolute atomic E-state index is 11.7. The van der Waals surface area contributed by atoms with Crippen LogP contribution in [0.25, 0.3) is 10.2 Å². The van der Waals surface area contributed by atoms with Gasteiger partial charge in [-0.1, -0.05) is 24.3 Å². The van der Waals surface area contributed by atoms with Crippen LogP contribution in [-0.2, 0) is 4.79 Å². The Balaban J connectivity index is 2.28. The second kappa shape index (κ2) is 5.32. The van der Waals surface area contributed by atoms with E-state index in [0.717, 1.165) is 10.2 Å². The van der Waals surface area contributed by atoms with Crippen molar-refractivity contribution in [1.29, 1.82) is 0 Å². The monoisotopic (exact) mass is 265 g/mol. The molecule has 5 nitrogen and oxygen atoms in total. The number of nitrogens with one attached hydrogen (secondary N) is 1. The number of carbonyl (C=O) groups excluding carboxylic acids is 1. The first-order valence-electron chi connectivity index (χ1n) is 5.60. The number of aromatic nitrogens is 1. The zero-order valence-electron chi connectivity index (χ0n) is 10.3. The van der Waals surface area contributed by atoms with Gasteiger partial charge in [0.05, 0.1) is 11.8 Å². The first-order chi connectivity index (χ1) is 8.65. The average Bonchev–Trinajstić information content (AvgIpc) is 2.79. The van der Waals surface area contributed by atoms with E-state index in [1.165, 1.54) is 11.3 Å². The number of fused-ring (bicyclic) bond motifs is 1. The maximum Gasteiger partial charge on any atom is 0.230 e. The van der Waals surface area contributed by atoms with E-state index in [-0.39, 0.29) is 11.8 Å². The molecule has 1 aromatic carbocycles. The summed E-state index contributed by atoms with van der Waals surface area (Å²) in [6.45, 7) is 2.10. The summed E-state index contributed by atoms with van der Waals surface area (Å²) in [6, 6.07) is 5.68. The van der Waals surface area contributed by atoms with Crippen LogP contribution in [0.2, 0.25) is 0 Å². The first-order valence-corrected chi connectivity index (χ1v) is 6.41. The van der Waals surface area contributed by atoms with Crippen molar-refractivity contribution >= 4 is 32.6 Å². The van der Waals surface area contributed by atoms with E-state index >= 15 is 0 Å². The number of benzene rings is 1. The van der Waals surface area contributed by atoms with Crippen molar-refractivity contribution in [2.24, 2.45) is 11.7 Å². The van der Waals surface area contributed by atoms with Gasteiger partial charge in [-0.05, 0) is 12.1 Å². The first kappa shape index (κ1) is 12.8. The van der Waals surface area contributed by atoms with Crippen LogP contribution in [0.15, 0.2) is 18.2 Å². The highest BCUT2D eigenvalue weighted by Gasteiger charge is 2.14. The number of hydrogen-bond donors (Lipinski definition) is 2. The third-order valence-corrected chi connectivity index (χ3v) is 3.57. The van der Waals surface area contributed by atoms with Gasteiger partial charge < -0.3 is 15.8 Å². The van der Waals surface area contributed by atoms with Crippen molar-refractivity contribution in [2.75, 3.05) is 19.0 Å². The zero-order valence-corrected chi connectivity index (χ0v) is 11.1. The highest BCUT2D eigenvalue weighted by molar-refractivity contribution is 7.22. The van der Waals surface area contributed by atoms with Gasteiger partial charge in [-0.3, -0.25) is 4.79 Å². The summed E-state index contributed by atoms with van der Waals surface area (Å²) in [5.74, 6) is 0.366. The third kappa shape index (κ3) is 2.44. The Kier molecular flexibility index (Phi) is 3.78. The van der Waals surface area contributed by atoms with Crippen molar-refractivity contribution < 1.29 is 9.53 Å². The molecule has 1 amide bonds. The fraction of sp³-hybridized carbons (Fsp3) is 0.333. The predicted octanol–water partition coefficient (Wildman–Crippen LogP) is 1.84. The predicted molar refractivity (Wildman–Crippen MR) is 73.0 cm³/mol. The average molecular weight is 265 g/mol. The summed E-state index contributed by atoms with van der Waals surface area (Å²) in [6.07, 6.45) is 0. The summed E-state index contributed by atoms with van der Waals surface area (Å²) >= 11 is 1.42. The van der Waals surface area contributed by atoms with Crippen LogP contribution in [-0.4, -0.2) is 24.5 Å². The third-order valence-electron chi connectivity index (χ3n) is 2.63. The fourth-order valence-corrected chi connectivity index (χ4v) is 2.36. The van der Waals surface area contributed by atoms with Crippen LogP contribution in [0.4, 0.5) is 5.13 Å². The van der Waals surface area contributed by atoms with Crippen LogP contribution >= 0.6 is 11.3 Å². The lowest BCUT2D eigenvalue weighted by Gasteiger charge is -2.06. The van der Waals surface area contributed by atoms with Crippen LogP contribution < -0.4 is 15.8 Å².